The maximum Gasteiger partial charge on any atom is 0.254 e. The van der Waals surface area contributed by atoms with Crippen molar-refractivity contribution in [2.24, 2.45) is 0 Å². The molecule has 0 heterocycles. The number of nitrogens with one attached hydrogen (secondary N) is 1. The standard InChI is InChI=1S/C14H18F2N2O/c1-18(2)14(7-4-8-14)9-17-13(19)10-5-3-6-11(15)12(10)16/h3,5-6H,4,7-9H2,1-2H3,(H,17,19). The van der Waals surface area contributed by atoms with Gasteiger partial charge in [0.2, 0.25) is 0 Å². The van der Waals surface area contributed by atoms with Crippen molar-refractivity contribution in [2.75, 3.05) is 20.6 Å². The summed E-state index contributed by atoms with van der Waals surface area (Å²) in [5.41, 5.74) is -0.285. The van der Waals surface area contributed by atoms with E-state index in [0.717, 1.165) is 25.3 Å². The van der Waals surface area contributed by atoms with Gasteiger partial charge < -0.3 is 10.2 Å². The summed E-state index contributed by atoms with van der Waals surface area (Å²) in [5.74, 6) is -2.66. The Morgan fingerprint density at radius 3 is 2.58 bits per heavy atom. The van der Waals surface area contributed by atoms with E-state index < -0.39 is 17.5 Å². The molecule has 1 amide bonds. The Morgan fingerprint density at radius 1 is 1.37 bits per heavy atom. The first-order valence-electron chi connectivity index (χ1n) is 6.36. The van der Waals surface area contributed by atoms with Crippen molar-refractivity contribution in [1.82, 2.24) is 10.2 Å². The first kappa shape index (κ1) is 13.9. The zero-order valence-corrected chi connectivity index (χ0v) is 11.2. The van der Waals surface area contributed by atoms with Crippen LogP contribution in [0.15, 0.2) is 18.2 Å². The summed E-state index contributed by atoms with van der Waals surface area (Å²) in [5, 5.41) is 2.70. The zero-order valence-electron chi connectivity index (χ0n) is 11.2. The number of rotatable bonds is 4. The number of nitrogens with zero attached hydrogens (tertiary/aromatic N) is 1. The summed E-state index contributed by atoms with van der Waals surface area (Å²) in [6.45, 7) is 0.453. The van der Waals surface area contributed by atoms with E-state index >= 15 is 0 Å². The molecule has 0 aliphatic heterocycles. The van der Waals surface area contributed by atoms with Gasteiger partial charge in [0.25, 0.3) is 5.91 Å². The Morgan fingerprint density at radius 2 is 2.05 bits per heavy atom. The molecule has 0 radical (unpaired) electrons. The Hall–Kier alpha value is -1.49. The Kier molecular flexibility index (Phi) is 3.85. The molecule has 1 aromatic carbocycles. The maximum absolute atomic E-state index is 13.5. The van der Waals surface area contributed by atoms with Crippen LogP contribution in [0.1, 0.15) is 29.6 Å². The van der Waals surface area contributed by atoms with Gasteiger partial charge in [-0.1, -0.05) is 6.07 Å². The summed E-state index contributed by atoms with van der Waals surface area (Å²) in [6, 6.07) is 3.62. The third-order valence-electron chi connectivity index (χ3n) is 4.01. The summed E-state index contributed by atoms with van der Waals surface area (Å²) >= 11 is 0. The van der Waals surface area contributed by atoms with Gasteiger partial charge in [-0.25, -0.2) is 8.78 Å². The minimum absolute atomic E-state index is 0.0422. The second-order valence-corrected chi connectivity index (χ2v) is 5.26. The third-order valence-corrected chi connectivity index (χ3v) is 4.01. The zero-order chi connectivity index (χ0) is 14.0. The predicted octanol–water partition coefficient (Wildman–Crippen LogP) is 2.18. The van der Waals surface area contributed by atoms with E-state index in [9.17, 15) is 13.6 Å². The highest BCUT2D eigenvalue weighted by Crippen LogP contribution is 2.35. The Labute approximate surface area is 111 Å². The summed E-state index contributed by atoms with van der Waals surface area (Å²) in [4.78, 5) is 14.0. The van der Waals surface area contributed by atoms with E-state index in [1.54, 1.807) is 0 Å². The van der Waals surface area contributed by atoms with E-state index in [0.29, 0.717) is 6.54 Å². The molecular weight excluding hydrogens is 250 g/mol. The lowest BCUT2D eigenvalue weighted by Crippen LogP contribution is -2.57. The molecule has 1 aliphatic rings. The van der Waals surface area contributed by atoms with Crippen LogP contribution >= 0.6 is 0 Å². The van der Waals surface area contributed by atoms with Gasteiger partial charge in [0.05, 0.1) is 5.56 Å². The molecule has 5 heteroatoms. The lowest BCUT2D eigenvalue weighted by Gasteiger charge is -2.47. The summed E-state index contributed by atoms with van der Waals surface area (Å²) in [7, 11) is 3.93. The highest BCUT2D eigenvalue weighted by Gasteiger charge is 2.39. The number of carbonyl (C=O) groups is 1. The van der Waals surface area contributed by atoms with Gasteiger partial charge in [-0.15, -0.1) is 0 Å². The third kappa shape index (κ3) is 2.61. The molecule has 1 aliphatic carbocycles. The first-order valence-corrected chi connectivity index (χ1v) is 6.36. The second-order valence-electron chi connectivity index (χ2n) is 5.26. The van der Waals surface area contributed by atoms with Crippen LogP contribution in [0.5, 0.6) is 0 Å². The van der Waals surface area contributed by atoms with E-state index in [1.165, 1.54) is 12.1 Å². The highest BCUT2D eigenvalue weighted by atomic mass is 19.2. The highest BCUT2D eigenvalue weighted by molar-refractivity contribution is 5.94. The minimum atomic E-state index is -1.09. The van der Waals surface area contributed by atoms with Crippen LogP contribution in [0, 0.1) is 11.6 Å². The molecule has 1 fully saturated rings. The van der Waals surface area contributed by atoms with Crippen molar-refractivity contribution in [2.45, 2.75) is 24.8 Å². The van der Waals surface area contributed by atoms with E-state index in [4.69, 9.17) is 0 Å². The lowest BCUT2D eigenvalue weighted by atomic mass is 9.75. The number of halogens is 2. The molecule has 104 valence electrons. The van der Waals surface area contributed by atoms with Crippen LogP contribution in [-0.4, -0.2) is 37.0 Å². The summed E-state index contributed by atoms with van der Waals surface area (Å²) in [6.07, 6.45) is 3.14. The van der Waals surface area contributed by atoms with Crippen LogP contribution in [0.4, 0.5) is 8.78 Å². The van der Waals surface area contributed by atoms with Gasteiger partial charge in [0.15, 0.2) is 11.6 Å². The van der Waals surface area contributed by atoms with Gasteiger partial charge in [-0.2, -0.15) is 0 Å². The molecule has 0 unspecified atom stereocenters. The van der Waals surface area contributed by atoms with Crippen LogP contribution in [0.2, 0.25) is 0 Å². The first-order chi connectivity index (χ1) is 8.96. The topological polar surface area (TPSA) is 32.3 Å². The molecule has 1 N–H and O–H groups in total. The Balaban J connectivity index is 2.04. The molecule has 1 aromatic rings. The molecular formula is C14H18F2N2O. The van der Waals surface area contributed by atoms with Crippen LogP contribution < -0.4 is 5.32 Å². The molecule has 19 heavy (non-hydrogen) atoms. The quantitative estimate of drug-likeness (QED) is 0.907. The maximum atomic E-state index is 13.5. The van der Waals surface area contributed by atoms with Gasteiger partial charge in [0, 0.05) is 12.1 Å². The molecule has 0 saturated heterocycles. The number of hydrogen-bond acceptors (Lipinski definition) is 2. The molecule has 0 spiro atoms. The molecule has 0 atom stereocenters. The van der Waals surface area contributed by atoms with Crippen molar-refractivity contribution in [3.63, 3.8) is 0 Å². The van der Waals surface area contributed by atoms with Crippen molar-refractivity contribution in [3.8, 4) is 0 Å². The summed E-state index contributed by atoms with van der Waals surface area (Å²) < 4.78 is 26.5. The molecule has 2 rings (SSSR count). The van der Waals surface area contributed by atoms with Gasteiger partial charge in [0.1, 0.15) is 0 Å². The van der Waals surface area contributed by atoms with Crippen LogP contribution in [-0.2, 0) is 0 Å². The Bertz CT molecular complexity index is 484. The van der Waals surface area contributed by atoms with Crippen LogP contribution in [0.25, 0.3) is 0 Å². The minimum Gasteiger partial charge on any atom is -0.350 e. The van der Waals surface area contributed by atoms with Crippen LogP contribution in [0.3, 0.4) is 0 Å². The predicted molar refractivity (Wildman–Crippen MR) is 69.0 cm³/mol. The SMILES string of the molecule is CN(C)C1(CNC(=O)c2cccc(F)c2F)CCC1. The van der Waals surface area contributed by atoms with Crippen molar-refractivity contribution in [1.29, 1.82) is 0 Å². The van der Waals surface area contributed by atoms with Gasteiger partial charge >= 0.3 is 0 Å². The number of amides is 1. The molecule has 3 nitrogen and oxygen atoms in total. The molecule has 1 saturated carbocycles. The van der Waals surface area contributed by atoms with E-state index in [-0.39, 0.29) is 11.1 Å². The average molecular weight is 268 g/mol. The second kappa shape index (κ2) is 5.25. The van der Waals surface area contributed by atoms with Gasteiger partial charge in [-0.3, -0.25) is 4.79 Å². The van der Waals surface area contributed by atoms with Gasteiger partial charge in [-0.05, 0) is 45.5 Å². The normalized spacial score (nSPS) is 17.1. The van der Waals surface area contributed by atoms with Crippen molar-refractivity contribution >= 4 is 5.91 Å². The number of hydrogen-bond donors (Lipinski definition) is 1. The fourth-order valence-electron chi connectivity index (χ4n) is 2.39. The number of likely N-dealkylation sites (N-methyl/N-ethyl adjacent to an activating group) is 1. The molecule has 0 aromatic heterocycles. The number of carbonyl (C=O) groups excluding carboxylic acids is 1. The van der Waals surface area contributed by atoms with Crippen molar-refractivity contribution < 1.29 is 13.6 Å². The average Bonchev–Trinajstić information content (AvgIpc) is 2.30. The fraction of sp³-hybridized carbons (Fsp3) is 0.500. The molecule has 0 bridgehead atoms. The smallest absolute Gasteiger partial charge is 0.254 e. The fourth-order valence-corrected chi connectivity index (χ4v) is 2.39. The van der Waals surface area contributed by atoms with E-state index in [2.05, 4.69) is 10.2 Å². The lowest BCUT2D eigenvalue weighted by molar-refractivity contribution is 0.0556. The van der Waals surface area contributed by atoms with Crippen molar-refractivity contribution in [3.05, 3.63) is 35.4 Å². The number of benzene rings is 1. The van der Waals surface area contributed by atoms with E-state index in [1.807, 2.05) is 14.1 Å². The largest absolute Gasteiger partial charge is 0.350 e. The monoisotopic (exact) mass is 268 g/mol.